The number of carboxylic acids is 1. The van der Waals surface area contributed by atoms with Gasteiger partial charge in [0.25, 0.3) is 5.91 Å². The Kier molecular flexibility index (Phi) is 4.98. The van der Waals surface area contributed by atoms with Gasteiger partial charge in [0.1, 0.15) is 5.00 Å². The molecule has 0 aliphatic heterocycles. The predicted octanol–water partition coefficient (Wildman–Crippen LogP) is 3.31. The summed E-state index contributed by atoms with van der Waals surface area (Å²) in [7, 11) is 0. The minimum absolute atomic E-state index is 0.0653. The molecule has 1 heterocycles. The highest BCUT2D eigenvalue weighted by atomic mass is 32.2. The third kappa shape index (κ3) is 3.62. The fourth-order valence-electron chi connectivity index (χ4n) is 1.64. The second-order valence-corrected chi connectivity index (χ2v) is 5.80. The number of aromatic carboxylic acids is 1. The van der Waals surface area contributed by atoms with Gasteiger partial charge in [0, 0.05) is 4.90 Å². The number of thioether (sulfide) groups is 1. The maximum Gasteiger partial charge on any atom is 0.338 e. The highest BCUT2D eigenvalue weighted by molar-refractivity contribution is 7.99. The zero-order valence-electron chi connectivity index (χ0n) is 10.7. The Hall–Kier alpha value is -2.30. The molecule has 7 heteroatoms. The third-order valence-corrected chi connectivity index (χ3v) is 4.32. The molecule has 2 aromatic rings. The van der Waals surface area contributed by atoms with Crippen molar-refractivity contribution in [2.45, 2.75) is 4.90 Å². The second-order valence-electron chi connectivity index (χ2n) is 3.87. The average molecular weight is 318 g/mol. The molecule has 0 unspecified atom stereocenters. The van der Waals surface area contributed by atoms with Gasteiger partial charge in [-0.05, 0) is 23.6 Å². The maximum atomic E-state index is 12.3. The first-order chi connectivity index (χ1) is 10.1. The van der Waals surface area contributed by atoms with E-state index >= 15 is 0 Å². The number of nitrogens with zero attached hydrogens (tertiary/aromatic N) is 1. The molecule has 1 aromatic heterocycles. The summed E-state index contributed by atoms with van der Waals surface area (Å²) in [5, 5.41) is 22.2. The van der Waals surface area contributed by atoms with Crippen LogP contribution >= 0.6 is 23.1 Å². The Morgan fingerprint density at radius 2 is 2.05 bits per heavy atom. The first-order valence-corrected chi connectivity index (χ1v) is 7.71. The first kappa shape index (κ1) is 15.1. The van der Waals surface area contributed by atoms with Crippen LogP contribution in [0.3, 0.4) is 0 Å². The first-order valence-electron chi connectivity index (χ1n) is 5.84. The van der Waals surface area contributed by atoms with Crippen molar-refractivity contribution in [3.05, 3.63) is 46.8 Å². The van der Waals surface area contributed by atoms with E-state index in [1.807, 2.05) is 6.07 Å². The van der Waals surface area contributed by atoms with Gasteiger partial charge in [0.05, 0.1) is 22.9 Å². The summed E-state index contributed by atoms with van der Waals surface area (Å²) in [5.74, 6) is -1.23. The van der Waals surface area contributed by atoms with Crippen LogP contribution in [-0.2, 0) is 0 Å². The van der Waals surface area contributed by atoms with Crippen molar-refractivity contribution >= 4 is 40.0 Å². The summed E-state index contributed by atoms with van der Waals surface area (Å²) in [6, 6.07) is 10.3. The van der Waals surface area contributed by atoms with Crippen LogP contribution in [0.15, 0.2) is 40.6 Å². The summed E-state index contributed by atoms with van der Waals surface area (Å²) >= 11 is 2.42. The number of hydrogen-bond donors (Lipinski definition) is 2. The number of thiophene rings is 1. The molecule has 0 aliphatic carbocycles. The standard InChI is InChI=1S/C14H10N2O3S2/c15-6-8-20-11-4-2-1-3-9(11)12(17)16-13-10(14(18)19)5-7-21-13/h1-5,7H,8H2,(H,16,17)(H,18,19). The fourth-order valence-corrected chi connectivity index (χ4v) is 3.12. The van der Waals surface area contributed by atoms with Gasteiger partial charge in [-0.15, -0.1) is 23.1 Å². The van der Waals surface area contributed by atoms with E-state index in [4.69, 9.17) is 10.4 Å². The summed E-state index contributed by atoms with van der Waals surface area (Å²) in [6.07, 6.45) is 0. The van der Waals surface area contributed by atoms with Crippen molar-refractivity contribution < 1.29 is 14.7 Å². The molecule has 0 saturated heterocycles. The van der Waals surface area contributed by atoms with Crippen LogP contribution in [0.4, 0.5) is 5.00 Å². The quantitative estimate of drug-likeness (QED) is 0.825. The van der Waals surface area contributed by atoms with E-state index in [1.165, 1.54) is 17.8 Å². The molecular formula is C14H10N2O3S2. The molecule has 2 N–H and O–H groups in total. The number of benzene rings is 1. The number of carbonyl (C=O) groups excluding carboxylic acids is 1. The molecule has 5 nitrogen and oxygen atoms in total. The van der Waals surface area contributed by atoms with Gasteiger partial charge in [-0.3, -0.25) is 4.79 Å². The zero-order valence-corrected chi connectivity index (χ0v) is 12.3. The summed E-state index contributed by atoms with van der Waals surface area (Å²) < 4.78 is 0. The highest BCUT2D eigenvalue weighted by Crippen LogP contribution is 2.26. The normalized spacial score (nSPS) is 9.86. The lowest BCUT2D eigenvalue weighted by atomic mass is 10.2. The van der Waals surface area contributed by atoms with E-state index in [2.05, 4.69) is 5.32 Å². The van der Waals surface area contributed by atoms with Crippen LogP contribution in [0.2, 0.25) is 0 Å². The minimum atomic E-state index is -1.08. The van der Waals surface area contributed by atoms with Crippen molar-refractivity contribution in [1.82, 2.24) is 0 Å². The van der Waals surface area contributed by atoms with Crippen LogP contribution in [0.25, 0.3) is 0 Å². The Morgan fingerprint density at radius 1 is 1.29 bits per heavy atom. The average Bonchev–Trinajstić information content (AvgIpc) is 2.93. The van der Waals surface area contributed by atoms with Crippen molar-refractivity contribution in [3.63, 3.8) is 0 Å². The molecular weight excluding hydrogens is 308 g/mol. The number of amides is 1. The molecule has 0 radical (unpaired) electrons. The van der Waals surface area contributed by atoms with Gasteiger partial charge < -0.3 is 10.4 Å². The topological polar surface area (TPSA) is 90.2 Å². The molecule has 0 saturated carbocycles. The zero-order chi connectivity index (χ0) is 15.2. The van der Waals surface area contributed by atoms with Crippen LogP contribution in [0.5, 0.6) is 0 Å². The summed E-state index contributed by atoms with van der Waals surface area (Å²) in [4.78, 5) is 24.0. The third-order valence-electron chi connectivity index (χ3n) is 2.55. The van der Waals surface area contributed by atoms with E-state index < -0.39 is 5.97 Å². The number of carbonyl (C=O) groups is 2. The summed E-state index contributed by atoms with van der Waals surface area (Å²) in [6.45, 7) is 0. The largest absolute Gasteiger partial charge is 0.478 e. The SMILES string of the molecule is N#CCSc1ccccc1C(=O)Nc1sccc1C(=O)O. The highest BCUT2D eigenvalue weighted by Gasteiger charge is 2.16. The Balaban J connectivity index is 2.23. The van der Waals surface area contributed by atoms with Gasteiger partial charge in [0.2, 0.25) is 0 Å². The minimum Gasteiger partial charge on any atom is -0.478 e. The van der Waals surface area contributed by atoms with Crippen LogP contribution in [-0.4, -0.2) is 22.7 Å². The van der Waals surface area contributed by atoms with E-state index in [0.717, 1.165) is 11.3 Å². The molecule has 1 amide bonds. The lowest BCUT2D eigenvalue weighted by molar-refractivity contribution is 0.0698. The van der Waals surface area contributed by atoms with Gasteiger partial charge in [0.15, 0.2) is 0 Å². The second kappa shape index (κ2) is 6.92. The Bertz CT molecular complexity index is 719. The van der Waals surface area contributed by atoms with E-state index in [1.54, 1.807) is 29.6 Å². The lowest BCUT2D eigenvalue weighted by Crippen LogP contribution is -2.14. The molecule has 0 spiro atoms. The van der Waals surface area contributed by atoms with Crippen molar-refractivity contribution in [2.75, 3.05) is 11.1 Å². The molecule has 0 atom stereocenters. The Morgan fingerprint density at radius 3 is 2.76 bits per heavy atom. The number of nitriles is 1. The number of hydrogen-bond acceptors (Lipinski definition) is 5. The lowest BCUT2D eigenvalue weighted by Gasteiger charge is -2.08. The van der Waals surface area contributed by atoms with Crippen LogP contribution in [0, 0.1) is 11.3 Å². The van der Waals surface area contributed by atoms with Crippen LogP contribution < -0.4 is 5.32 Å². The van der Waals surface area contributed by atoms with Crippen molar-refractivity contribution in [2.24, 2.45) is 0 Å². The fraction of sp³-hybridized carbons (Fsp3) is 0.0714. The number of rotatable bonds is 5. The molecule has 1 aromatic carbocycles. The number of carboxylic acid groups (broad SMARTS) is 1. The number of anilines is 1. The molecule has 2 rings (SSSR count). The molecule has 0 aliphatic rings. The monoisotopic (exact) mass is 318 g/mol. The number of nitrogens with one attached hydrogen (secondary N) is 1. The molecule has 106 valence electrons. The van der Waals surface area contributed by atoms with Crippen molar-refractivity contribution in [1.29, 1.82) is 5.26 Å². The van der Waals surface area contributed by atoms with Crippen molar-refractivity contribution in [3.8, 4) is 6.07 Å². The smallest absolute Gasteiger partial charge is 0.338 e. The van der Waals surface area contributed by atoms with Crippen LogP contribution in [0.1, 0.15) is 20.7 Å². The maximum absolute atomic E-state index is 12.3. The van der Waals surface area contributed by atoms with E-state index in [0.29, 0.717) is 15.5 Å². The van der Waals surface area contributed by atoms with Gasteiger partial charge in [-0.1, -0.05) is 12.1 Å². The summed E-state index contributed by atoms with van der Waals surface area (Å²) in [5.41, 5.74) is 0.484. The van der Waals surface area contributed by atoms with Gasteiger partial charge in [-0.25, -0.2) is 4.79 Å². The van der Waals surface area contributed by atoms with E-state index in [-0.39, 0.29) is 17.2 Å². The van der Waals surface area contributed by atoms with Gasteiger partial charge >= 0.3 is 5.97 Å². The molecule has 0 fully saturated rings. The van der Waals surface area contributed by atoms with Gasteiger partial charge in [-0.2, -0.15) is 5.26 Å². The predicted molar refractivity (Wildman–Crippen MR) is 82.0 cm³/mol. The molecule has 0 bridgehead atoms. The van der Waals surface area contributed by atoms with E-state index in [9.17, 15) is 9.59 Å². The Labute approximate surface area is 129 Å². The molecule has 21 heavy (non-hydrogen) atoms.